The number of aliphatic hydroxyl groups excluding tert-OH is 1. The third kappa shape index (κ3) is 5.87. The van der Waals surface area contributed by atoms with Gasteiger partial charge in [0, 0.05) is 20.0 Å². The number of esters is 1. The highest BCUT2D eigenvalue weighted by Crippen LogP contribution is 2.57. The lowest BCUT2D eigenvalue weighted by molar-refractivity contribution is -0.164. The number of benzene rings is 3. The van der Waals surface area contributed by atoms with E-state index in [-0.39, 0.29) is 25.5 Å². The molecule has 1 N–H and O–H groups in total. The number of cyclic esters (lactones) is 1. The molecule has 1 aromatic heterocycles. The van der Waals surface area contributed by atoms with Crippen molar-refractivity contribution in [1.82, 2.24) is 29.7 Å². The van der Waals surface area contributed by atoms with Gasteiger partial charge in [-0.15, -0.1) is 5.10 Å². The molecule has 278 valence electrons. The third-order valence-electron chi connectivity index (χ3n) is 11.4. The van der Waals surface area contributed by atoms with Gasteiger partial charge in [-0.05, 0) is 36.6 Å². The predicted octanol–water partition coefficient (Wildman–Crippen LogP) is 3.58. The quantitative estimate of drug-likeness (QED) is 0.232. The molecule has 1 spiro atoms. The lowest BCUT2D eigenvalue weighted by atomic mass is 9.74. The number of rotatable bonds is 6. The molecule has 0 aliphatic carbocycles. The first-order chi connectivity index (χ1) is 26.2. The van der Waals surface area contributed by atoms with Crippen molar-refractivity contribution in [2.45, 2.75) is 62.4 Å². The predicted molar refractivity (Wildman–Crippen MR) is 196 cm³/mol. The van der Waals surface area contributed by atoms with E-state index in [0.717, 1.165) is 0 Å². The highest BCUT2D eigenvalue weighted by molar-refractivity contribution is 5.99. The first kappa shape index (κ1) is 35.4. The van der Waals surface area contributed by atoms with Gasteiger partial charge in [-0.3, -0.25) is 19.2 Å². The van der Waals surface area contributed by atoms with Gasteiger partial charge in [0.1, 0.15) is 35.9 Å². The average Bonchev–Trinajstić information content (AvgIpc) is 3.96. The Morgan fingerprint density at radius 1 is 0.926 bits per heavy atom. The Morgan fingerprint density at radius 3 is 2.41 bits per heavy atom. The summed E-state index contributed by atoms with van der Waals surface area (Å²) in [5.74, 6) is -3.99. The van der Waals surface area contributed by atoms with Crippen molar-refractivity contribution < 1.29 is 33.8 Å². The molecule has 8 atom stereocenters. The zero-order valence-corrected chi connectivity index (χ0v) is 30.0. The number of carbonyl (C=O) groups is 4. The third-order valence-corrected chi connectivity index (χ3v) is 11.4. The van der Waals surface area contributed by atoms with E-state index < -0.39 is 72.2 Å². The van der Waals surface area contributed by atoms with Crippen LogP contribution >= 0.6 is 0 Å². The molecule has 0 saturated carbocycles. The standard InChI is InChI=1S/C41H42N6O7/c1-26-36(28-16-8-4-9-17-28)53-40(52)34-32-21-22-41(54-32)35(34)38(50)47(31(24-48)27-14-6-3-7-15-27)37(41)39(51)45(23-13-5-10-20-33(49)44(26)2)25-46-30-19-12-11-18-29(30)42-43-46/h3-9,11-19,21-22,26,31-32,34-37,48H,10,20,23-25H2,1-2H3/b13-5-/t26-,31-,32+,34-,35-,36+,37+,41-/m1/s1. The number of aromatic nitrogens is 3. The van der Waals surface area contributed by atoms with Crippen LogP contribution in [0.15, 0.2) is 109 Å². The summed E-state index contributed by atoms with van der Waals surface area (Å²) in [5, 5.41) is 19.6. The van der Waals surface area contributed by atoms with Gasteiger partial charge in [0.05, 0.1) is 36.2 Å². The van der Waals surface area contributed by atoms with E-state index in [9.17, 15) is 14.7 Å². The largest absolute Gasteiger partial charge is 0.455 e. The van der Waals surface area contributed by atoms with Gasteiger partial charge in [0.2, 0.25) is 11.8 Å². The van der Waals surface area contributed by atoms with Crippen LogP contribution in [-0.2, 0) is 35.3 Å². The molecule has 13 heteroatoms. The van der Waals surface area contributed by atoms with Crippen LogP contribution in [0.5, 0.6) is 0 Å². The number of carbonyl (C=O) groups excluding carboxylic acids is 4. The Hall–Kier alpha value is -5.66. The molecule has 4 aromatic rings. The van der Waals surface area contributed by atoms with E-state index in [2.05, 4.69) is 10.3 Å². The van der Waals surface area contributed by atoms with E-state index in [1.165, 1.54) is 4.90 Å². The number of aliphatic hydroxyl groups is 1. The number of amides is 3. The molecule has 3 aromatic carbocycles. The monoisotopic (exact) mass is 730 g/mol. The zero-order valence-electron chi connectivity index (χ0n) is 30.0. The molecule has 0 unspecified atom stereocenters. The molecule has 0 radical (unpaired) electrons. The summed E-state index contributed by atoms with van der Waals surface area (Å²) < 4.78 is 14.6. The second-order valence-corrected chi connectivity index (χ2v) is 14.4. The Kier molecular flexibility index (Phi) is 9.36. The van der Waals surface area contributed by atoms with Crippen LogP contribution in [0.2, 0.25) is 0 Å². The number of likely N-dealkylation sites (N-methyl/N-ethyl adjacent to an activating group) is 1. The van der Waals surface area contributed by atoms with Crippen molar-refractivity contribution >= 4 is 34.7 Å². The summed E-state index contributed by atoms with van der Waals surface area (Å²) in [5.41, 5.74) is 1.15. The van der Waals surface area contributed by atoms with Crippen molar-refractivity contribution in [3.63, 3.8) is 0 Å². The molecule has 5 heterocycles. The van der Waals surface area contributed by atoms with Crippen LogP contribution in [0.25, 0.3) is 11.0 Å². The van der Waals surface area contributed by atoms with Crippen molar-refractivity contribution in [3.05, 3.63) is 120 Å². The average molecular weight is 731 g/mol. The van der Waals surface area contributed by atoms with Gasteiger partial charge in [0.15, 0.2) is 0 Å². The van der Waals surface area contributed by atoms with Crippen LogP contribution in [0, 0.1) is 11.8 Å². The molecule has 4 aliphatic rings. The number of para-hydroxylation sites is 1. The second kappa shape index (κ2) is 14.3. The molecular weight excluding hydrogens is 688 g/mol. The fourth-order valence-electron chi connectivity index (χ4n) is 8.52. The van der Waals surface area contributed by atoms with E-state index in [1.54, 1.807) is 57.9 Å². The molecule has 2 saturated heterocycles. The van der Waals surface area contributed by atoms with Crippen LogP contribution in [0.1, 0.15) is 43.0 Å². The fraction of sp³-hybridized carbons (Fsp3) is 0.366. The number of allylic oxidation sites excluding steroid dienone is 1. The van der Waals surface area contributed by atoms with Gasteiger partial charge in [-0.1, -0.05) is 102 Å². The van der Waals surface area contributed by atoms with Gasteiger partial charge >= 0.3 is 5.97 Å². The number of likely N-dealkylation sites (tertiary alicyclic amines) is 1. The number of fused-ring (bicyclic) bond motifs is 3. The SMILES string of the molecule is C[C@@H]1[C@@H](c2ccccc2)OC(=O)[C@@H]2[C@@H]3C=C[C@]4(O3)[C@H](C(=O)N(Cn3nnc5ccccc53)C/C=C\CCC(=O)N1C)N([C@H](CO)c1ccccc1)C(=O)[C@@H]24. The Bertz CT molecular complexity index is 2120. The molecule has 54 heavy (non-hydrogen) atoms. The highest BCUT2D eigenvalue weighted by Gasteiger charge is 2.74. The Labute approximate surface area is 312 Å². The van der Waals surface area contributed by atoms with Crippen LogP contribution in [-0.4, -0.2) is 102 Å². The highest BCUT2D eigenvalue weighted by atomic mass is 16.6. The maximum absolute atomic E-state index is 15.3. The Balaban J connectivity index is 1.25. The molecule has 4 aliphatic heterocycles. The zero-order chi connectivity index (χ0) is 37.6. The number of nitrogens with zero attached hydrogens (tertiary/aromatic N) is 6. The van der Waals surface area contributed by atoms with Crippen molar-refractivity contribution in [3.8, 4) is 0 Å². The molecule has 5 bridgehead atoms. The Morgan fingerprint density at radius 2 is 1.65 bits per heavy atom. The normalized spacial score (nSPS) is 29.9. The molecule has 2 fully saturated rings. The van der Waals surface area contributed by atoms with Crippen LogP contribution in [0.4, 0.5) is 0 Å². The summed E-state index contributed by atoms with van der Waals surface area (Å²) in [6, 6.07) is 22.9. The lowest BCUT2D eigenvalue weighted by Crippen LogP contribution is -2.57. The maximum atomic E-state index is 15.3. The van der Waals surface area contributed by atoms with Crippen molar-refractivity contribution in [1.29, 1.82) is 0 Å². The number of hydrogen-bond donors (Lipinski definition) is 1. The van der Waals surface area contributed by atoms with E-state index in [0.29, 0.717) is 28.6 Å². The first-order valence-electron chi connectivity index (χ1n) is 18.3. The summed E-state index contributed by atoms with van der Waals surface area (Å²) >= 11 is 0. The molecule has 8 rings (SSSR count). The summed E-state index contributed by atoms with van der Waals surface area (Å²) in [6.45, 7) is 1.44. The second-order valence-electron chi connectivity index (χ2n) is 14.4. The summed E-state index contributed by atoms with van der Waals surface area (Å²) in [6.07, 6.45) is 6.05. The van der Waals surface area contributed by atoms with E-state index in [1.807, 2.05) is 79.7 Å². The van der Waals surface area contributed by atoms with Gasteiger partial charge in [0.25, 0.3) is 5.91 Å². The molecular formula is C41H42N6O7. The topological polar surface area (TPSA) is 147 Å². The lowest BCUT2D eigenvalue weighted by Gasteiger charge is -2.38. The minimum Gasteiger partial charge on any atom is -0.455 e. The van der Waals surface area contributed by atoms with Gasteiger partial charge in [-0.2, -0.15) is 0 Å². The van der Waals surface area contributed by atoms with Crippen molar-refractivity contribution in [2.75, 3.05) is 20.2 Å². The minimum absolute atomic E-state index is 0.0192. The van der Waals surface area contributed by atoms with Crippen LogP contribution in [0.3, 0.4) is 0 Å². The summed E-state index contributed by atoms with van der Waals surface area (Å²) in [4.78, 5) is 63.0. The molecule has 13 nitrogen and oxygen atoms in total. The minimum atomic E-state index is -1.54. The van der Waals surface area contributed by atoms with Gasteiger partial charge in [-0.25, -0.2) is 4.68 Å². The number of hydrogen-bond acceptors (Lipinski definition) is 9. The van der Waals surface area contributed by atoms with E-state index in [4.69, 9.17) is 9.47 Å². The number of ether oxygens (including phenoxy) is 2. The fourth-order valence-corrected chi connectivity index (χ4v) is 8.52. The smallest absolute Gasteiger partial charge is 0.313 e. The van der Waals surface area contributed by atoms with Crippen LogP contribution < -0.4 is 0 Å². The van der Waals surface area contributed by atoms with Gasteiger partial charge < -0.3 is 29.3 Å². The first-order valence-corrected chi connectivity index (χ1v) is 18.3. The molecule has 3 amide bonds. The van der Waals surface area contributed by atoms with E-state index >= 15 is 9.59 Å². The maximum Gasteiger partial charge on any atom is 0.313 e. The van der Waals surface area contributed by atoms with Crippen molar-refractivity contribution in [2.24, 2.45) is 11.8 Å². The summed E-state index contributed by atoms with van der Waals surface area (Å²) in [7, 11) is 1.69.